The number of fused-ring (bicyclic) bond motifs is 1. The van der Waals surface area contributed by atoms with Crippen molar-refractivity contribution >= 4 is 11.8 Å². The van der Waals surface area contributed by atoms with Crippen LogP contribution < -0.4 is 4.74 Å². The summed E-state index contributed by atoms with van der Waals surface area (Å²) in [4.78, 5) is 29.3. The molecule has 39 heavy (non-hydrogen) atoms. The highest BCUT2D eigenvalue weighted by Gasteiger charge is 2.36. The molecule has 1 aromatic heterocycles. The highest BCUT2D eigenvalue weighted by Crippen LogP contribution is 2.50. The number of aromatic nitrogens is 1. The average Bonchev–Trinajstić information content (AvgIpc) is 3.33. The smallest absolute Gasteiger partial charge is 0.306 e. The van der Waals surface area contributed by atoms with Crippen molar-refractivity contribution in [3.05, 3.63) is 87.8 Å². The van der Waals surface area contributed by atoms with Crippen molar-refractivity contribution in [2.24, 2.45) is 0 Å². The molecule has 0 saturated heterocycles. The molecule has 2 atom stereocenters. The molecule has 2 heterocycles. The van der Waals surface area contributed by atoms with Crippen LogP contribution in [-0.2, 0) is 20.9 Å². The normalized spacial score (nSPS) is 14.9. The maximum absolute atomic E-state index is 12.6. The van der Waals surface area contributed by atoms with Crippen molar-refractivity contribution in [3.8, 4) is 23.0 Å². The number of rotatable bonds is 9. The number of ketones is 1. The molecule has 3 aromatic rings. The van der Waals surface area contributed by atoms with Gasteiger partial charge in [-0.1, -0.05) is 18.7 Å². The Morgan fingerprint density at radius 1 is 1.13 bits per heavy atom. The van der Waals surface area contributed by atoms with Gasteiger partial charge in [0.25, 0.3) is 0 Å². The molecule has 0 saturated carbocycles. The number of phenolic OH excluding ortho intramolecular Hbond substituents is 2. The van der Waals surface area contributed by atoms with E-state index in [-0.39, 0.29) is 41.2 Å². The van der Waals surface area contributed by atoms with Crippen molar-refractivity contribution in [1.82, 2.24) is 4.98 Å². The number of carbonyl (C=O) groups excluding carboxylic acids is 2. The van der Waals surface area contributed by atoms with Crippen LogP contribution in [0, 0.1) is 6.92 Å². The van der Waals surface area contributed by atoms with E-state index in [4.69, 9.17) is 14.2 Å². The molecule has 2 unspecified atom stereocenters. The number of benzene rings is 2. The van der Waals surface area contributed by atoms with Gasteiger partial charge in [-0.25, -0.2) is 0 Å². The van der Waals surface area contributed by atoms with Gasteiger partial charge in [0.1, 0.15) is 35.7 Å². The summed E-state index contributed by atoms with van der Waals surface area (Å²) in [5, 5.41) is 33.6. The largest absolute Gasteiger partial charge is 0.507 e. The van der Waals surface area contributed by atoms with Crippen molar-refractivity contribution < 1.29 is 39.1 Å². The first kappa shape index (κ1) is 27.7. The highest BCUT2D eigenvalue weighted by atomic mass is 16.5. The number of carbonyl (C=O) groups is 2. The number of hydrogen-bond donors (Lipinski definition) is 3. The summed E-state index contributed by atoms with van der Waals surface area (Å²) in [6.07, 6.45) is 0.420. The molecule has 1 aliphatic rings. The number of methoxy groups -OCH3 is 1. The molecule has 9 nitrogen and oxygen atoms in total. The molecule has 204 valence electrons. The second-order valence-corrected chi connectivity index (χ2v) is 9.65. The lowest BCUT2D eigenvalue weighted by molar-refractivity contribution is -0.140. The molecule has 0 fully saturated rings. The van der Waals surface area contributed by atoms with Gasteiger partial charge in [-0.2, -0.15) is 0 Å². The lowest BCUT2D eigenvalue weighted by Crippen LogP contribution is -2.13. The van der Waals surface area contributed by atoms with Gasteiger partial charge in [-0.3, -0.25) is 14.6 Å². The van der Waals surface area contributed by atoms with Crippen molar-refractivity contribution in [3.63, 3.8) is 0 Å². The number of aromatic hydroxyl groups is 3. The second-order valence-electron chi connectivity index (χ2n) is 9.65. The standard InChI is InChI=1S/C30H31NO8/c1-15(2)13-38-20-8-6-18(7-9-20)22(11-24(33)37-5)26-28(35)21(17(4)32)10-23(29(26)36)30-25-19(14-39-30)12-31-16(3)27(25)34/h6-10,12,22,30,34-36H,1,11,13-14H2,2-5H3. The van der Waals surface area contributed by atoms with Crippen LogP contribution in [0.15, 0.2) is 48.7 Å². The number of esters is 1. The minimum atomic E-state index is -0.934. The number of hydrogen-bond acceptors (Lipinski definition) is 9. The van der Waals surface area contributed by atoms with E-state index >= 15 is 0 Å². The Hall–Kier alpha value is -4.37. The van der Waals surface area contributed by atoms with Gasteiger partial charge in [0.2, 0.25) is 0 Å². The molecule has 0 radical (unpaired) electrons. The summed E-state index contributed by atoms with van der Waals surface area (Å²) >= 11 is 0. The maximum Gasteiger partial charge on any atom is 0.306 e. The fourth-order valence-electron chi connectivity index (χ4n) is 4.70. The molecular weight excluding hydrogens is 502 g/mol. The number of Topliss-reactive ketones (excluding diaryl/α,β-unsaturated/α-hetero) is 1. The predicted molar refractivity (Wildman–Crippen MR) is 142 cm³/mol. The fourth-order valence-corrected chi connectivity index (χ4v) is 4.70. The quantitative estimate of drug-likeness (QED) is 0.198. The second kappa shape index (κ2) is 11.2. The lowest BCUT2D eigenvalue weighted by Gasteiger charge is -2.24. The van der Waals surface area contributed by atoms with Gasteiger partial charge in [0.15, 0.2) is 5.78 Å². The minimum absolute atomic E-state index is 0.0268. The first-order valence-corrected chi connectivity index (χ1v) is 12.4. The third-order valence-corrected chi connectivity index (χ3v) is 6.74. The Labute approximate surface area is 226 Å². The van der Waals surface area contributed by atoms with Crippen LogP contribution in [0.1, 0.15) is 76.2 Å². The van der Waals surface area contributed by atoms with E-state index in [1.165, 1.54) is 20.1 Å². The molecule has 0 aliphatic carbocycles. The topological polar surface area (TPSA) is 135 Å². The van der Waals surface area contributed by atoms with Crippen LogP contribution in [0.4, 0.5) is 0 Å². The molecule has 1 aliphatic heterocycles. The van der Waals surface area contributed by atoms with Crippen molar-refractivity contribution in [1.29, 1.82) is 0 Å². The Kier molecular flexibility index (Phi) is 7.92. The molecule has 3 N–H and O–H groups in total. The molecule has 0 bridgehead atoms. The zero-order valence-electron chi connectivity index (χ0n) is 22.3. The summed E-state index contributed by atoms with van der Waals surface area (Å²) in [7, 11) is 1.24. The molecule has 0 amide bonds. The van der Waals surface area contributed by atoms with Gasteiger partial charge in [-0.15, -0.1) is 0 Å². The molecule has 2 aromatic carbocycles. The monoisotopic (exact) mass is 533 g/mol. The Balaban J connectivity index is 1.89. The number of nitrogens with zero attached hydrogens (tertiary/aromatic N) is 1. The van der Waals surface area contributed by atoms with Crippen molar-refractivity contribution in [2.75, 3.05) is 13.7 Å². The van der Waals surface area contributed by atoms with Crippen LogP contribution >= 0.6 is 0 Å². The SMILES string of the molecule is C=C(C)COc1ccc(C(CC(=O)OC)c2c(O)c(C(C)=O)cc(C3OCc4cnc(C)c(O)c43)c2O)cc1. The van der Waals surface area contributed by atoms with Crippen LogP contribution in [0.2, 0.25) is 0 Å². The summed E-state index contributed by atoms with van der Waals surface area (Å²) in [6, 6.07) is 8.19. The molecule has 4 rings (SSSR count). The zero-order chi connectivity index (χ0) is 28.4. The third-order valence-electron chi connectivity index (χ3n) is 6.74. The van der Waals surface area contributed by atoms with Gasteiger partial charge in [-0.05, 0) is 50.1 Å². The first-order chi connectivity index (χ1) is 18.5. The minimum Gasteiger partial charge on any atom is -0.507 e. The lowest BCUT2D eigenvalue weighted by atomic mass is 9.83. The van der Waals surface area contributed by atoms with Crippen LogP contribution in [0.3, 0.4) is 0 Å². The van der Waals surface area contributed by atoms with Crippen LogP contribution in [0.5, 0.6) is 23.0 Å². The van der Waals surface area contributed by atoms with Gasteiger partial charge >= 0.3 is 5.97 Å². The van der Waals surface area contributed by atoms with Crippen LogP contribution in [0.25, 0.3) is 0 Å². The Morgan fingerprint density at radius 3 is 2.44 bits per heavy atom. The number of pyridine rings is 1. The maximum atomic E-state index is 12.6. The van der Waals surface area contributed by atoms with E-state index in [2.05, 4.69) is 11.6 Å². The van der Waals surface area contributed by atoms with E-state index < -0.39 is 29.5 Å². The zero-order valence-corrected chi connectivity index (χ0v) is 22.3. The van der Waals surface area contributed by atoms with E-state index in [1.54, 1.807) is 37.4 Å². The Bertz CT molecular complexity index is 1440. The molecule has 9 heteroatoms. The average molecular weight is 534 g/mol. The summed E-state index contributed by atoms with van der Waals surface area (Å²) in [5.41, 5.74) is 2.94. The van der Waals surface area contributed by atoms with Gasteiger partial charge in [0, 0.05) is 34.4 Å². The number of ether oxygens (including phenoxy) is 3. The van der Waals surface area contributed by atoms with Gasteiger partial charge < -0.3 is 29.5 Å². The van der Waals surface area contributed by atoms with Gasteiger partial charge in [0.05, 0.1) is 31.4 Å². The van der Waals surface area contributed by atoms with Crippen LogP contribution in [-0.4, -0.2) is 45.8 Å². The molecular formula is C30H31NO8. The molecule has 0 spiro atoms. The van der Waals surface area contributed by atoms with E-state index in [0.29, 0.717) is 34.7 Å². The van der Waals surface area contributed by atoms with E-state index in [0.717, 1.165) is 5.57 Å². The third kappa shape index (κ3) is 5.44. The first-order valence-electron chi connectivity index (χ1n) is 12.4. The van der Waals surface area contributed by atoms with Crippen molar-refractivity contribution in [2.45, 2.75) is 45.8 Å². The Morgan fingerprint density at radius 2 is 1.82 bits per heavy atom. The number of phenols is 2. The van der Waals surface area contributed by atoms with E-state index in [9.17, 15) is 24.9 Å². The summed E-state index contributed by atoms with van der Waals surface area (Å²) in [6.45, 7) is 9.05. The number of aryl methyl sites for hydroxylation is 1. The highest BCUT2D eigenvalue weighted by molar-refractivity contribution is 5.98. The summed E-state index contributed by atoms with van der Waals surface area (Å²) in [5.74, 6) is -2.25. The van der Waals surface area contributed by atoms with E-state index in [1.807, 2.05) is 6.92 Å². The predicted octanol–water partition coefficient (Wildman–Crippen LogP) is 4.98. The fraction of sp³-hybridized carbons (Fsp3) is 0.300. The summed E-state index contributed by atoms with van der Waals surface area (Å²) < 4.78 is 16.5.